The van der Waals surface area contributed by atoms with Crippen molar-refractivity contribution in [3.8, 4) is 34.6 Å². The van der Waals surface area contributed by atoms with Crippen molar-refractivity contribution >= 4 is 21.0 Å². The minimum Gasteiger partial charge on any atom is -0.443 e. The van der Waals surface area contributed by atoms with E-state index in [0.717, 1.165) is 17.3 Å². The summed E-state index contributed by atoms with van der Waals surface area (Å²) in [6.07, 6.45) is 0. The Kier molecular flexibility index (Phi) is 4.16. The Morgan fingerprint density at radius 1 is 0.806 bits per heavy atom. The Morgan fingerprint density at radius 3 is 2.26 bits per heavy atom. The molecule has 158 valence electrons. The summed E-state index contributed by atoms with van der Waals surface area (Å²) in [6.45, 7) is 0. The largest absolute Gasteiger partial charge is 0.534 e. The zero-order valence-electron chi connectivity index (χ0n) is 15.5. The van der Waals surface area contributed by atoms with Gasteiger partial charge in [0.25, 0.3) is 0 Å². The highest BCUT2D eigenvalue weighted by Gasteiger charge is 2.49. The summed E-state index contributed by atoms with van der Waals surface area (Å²) in [4.78, 5) is 0. The van der Waals surface area contributed by atoms with Crippen LogP contribution >= 0.6 is 0 Å². The van der Waals surface area contributed by atoms with Gasteiger partial charge in [-0.3, -0.25) is 4.57 Å². The van der Waals surface area contributed by atoms with E-state index in [1.54, 1.807) is 16.7 Å². The van der Waals surface area contributed by atoms with Gasteiger partial charge in [0, 0.05) is 11.1 Å². The van der Waals surface area contributed by atoms with E-state index in [0.29, 0.717) is 11.3 Å². The zero-order valence-corrected chi connectivity index (χ0v) is 16.3. The molecule has 1 aromatic heterocycles. The van der Waals surface area contributed by atoms with Crippen molar-refractivity contribution in [2.24, 2.45) is 0 Å². The minimum atomic E-state index is -5.88. The third kappa shape index (κ3) is 3.07. The van der Waals surface area contributed by atoms with Crippen LogP contribution in [0.5, 0.6) is 28.9 Å². The van der Waals surface area contributed by atoms with E-state index in [1.165, 1.54) is 12.1 Å². The van der Waals surface area contributed by atoms with Crippen LogP contribution in [-0.2, 0) is 10.1 Å². The van der Waals surface area contributed by atoms with Crippen molar-refractivity contribution < 1.29 is 35.2 Å². The molecule has 1 aliphatic heterocycles. The molecule has 0 saturated heterocycles. The number of alkyl halides is 3. The zero-order chi connectivity index (χ0) is 21.8. The Balaban J connectivity index is 1.67. The Labute approximate surface area is 174 Å². The van der Waals surface area contributed by atoms with Crippen LogP contribution in [0.2, 0.25) is 0 Å². The predicted octanol–water partition coefficient (Wildman–Crippen LogP) is 5.76. The van der Waals surface area contributed by atoms with E-state index in [1.807, 2.05) is 42.5 Å². The van der Waals surface area contributed by atoms with Crippen LogP contribution in [-0.4, -0.2) is 18.5 Å². The van der Waals surface area contributed by atoms with Crippen LogP contribution < -0.4 is 13.7 Å². The van der Waals surface area contributed by atoms with Crippen LogP contribution in [0.4, 0.5) is 13.2 Å². The molecular formula is C21H12F3NO5S. The number of nitrogens with zero attached hydrogens (tertiary/aromatic N) is 1. The molecule has 0 radical (unpaired) electrons. The van der Waals surface area contributed by atoms with Crippen molar-refractivity contribution in [1.29, 1.82) is 0 Å². The summed E-state index contributed by atoms with van der Waals surface area (Å²) >= 11 is 0. The fourth-order valence-electron chi connectivity index (χ4n) is 3.32. The van der Waals surface area contributed by atoms with Gasteiger partial charge in [0.2, 0.25) is 11.6 Å². The fraction of sp³-hybridized carbons (Fsp3) is 0.0476. The average molecular weight is 447 g/mol. The van der Waals surface area contributed by atoms with Gasteiger partial charge in [-0.25, -0.2) is 0 Å². The van der Waals surface area contributed by atoms with Crippen LogP contribution in [0.1, 0.15) is 0 Å². The van der Waals surface area contributed by atoms with Gasteiger partial charge in [-0.05, 0) is 36.4 Å². The van der Waals surface area contributed by atoms with E-state index in [9.17, 15) is 21.6 Å². The summed E-state index contributed by atoms with van der Waals surface area (Å²) in [7, 11) is -5.88. The lowest BCUT2D eigenvalue weighted by atomic mass is 10.2. The maximum absolute atomic E-state index is 12.8. The maximum Gasteiger partial charge on any atom is 0.534 e. The molecule has 5 rings (SSSR count). The van der Waals surface area contributed by atoms with Crippen molar-refractivity contribution in [1.82, 2.24) is 4.57 Å². The molecule has 6 nitrogen and oxygen atoms in total. The molecule has 0 atom stereocenters. The standard InChI is InChI=1S/C21H12F3NO5S/c22-21(23,24)31(26,27)30-17-12-6-11-16-19(17)29-18-14-9-4-5-10-15(14)25(20(18)28-16)13-7-2-1-3-8-13/h1-12H. The molecule has 1 aliphatic rings. The van der Waals surface area contributed by atoms with Gasteiger partial charge in [-0.15, -0.1) is 0 Å². The highest BCUT2D eigenvalue weighted by molar-refractivity contribution is 7.88. The van der Waals surface area contributed by atoms with Crippen LogP contribution in [0.3, 0.4) is 0 Å². The first-order valence-corrected chi connectivity index (χ1v) is 10.4. The molecule has 4 aromatic rings. The molecule has 0 spiro atoms. The molecule has 0 saturated carbocycles. The van der Waals surface area contributed by atoms with Gasteiger partial charge in [-0.1, -0.05) is 36.4 Å². The Morgan fingerprint density at radius 2 is 1.52 bits per heavy atom. The molecule has 3 aromatic carbocycles. The topological polar surface area (TPSA) is 66.8 Å². The van der Waals surface area contributed by atoms with Gasteiger partial charge < -0.3 is 13.7 Å². The van der Waals surface area contributed by atoms with E-state index in [4.69, 9.17) is 9.47 Å². The number of aromatic nitrogens is 1. The summed E-state index contributed by atoms with van der Waals surface area (Å²) < 4.78 is 79.4. The highest BCUT2D eigenvalue weighted by Crippen LogP contribution is 2.54. The van der Waals surface area contributed by atoms with Gasteiger partial charge in [0.05, 0.1) is 5.52 Å². The Bertz CT molecular complexity index is 1410. The number of halogens is 3. The summed E-state index contributed by atoms with van der Waals surface area (Å²) in [5.74, 6) is -0.346. The van der Waals surface area contributed by atoms with Gasteiger partial charge >= 0.3 is 15.6 Å². The lowest BCUT2D eigenvalue weighted by molar-refractivity contribution is -0.0500. The molecule has 0 unspecified atom stereocenters. The quantitative estimate of drug-likeness (QED) is 0.260. The molecule has 0 amide bonds. The molecule has 0 fully saturated rings. The smallest absolute Gasteiger partial charge is 0.443 e. The molecule has 31 heavy (non-hydrogen) atoms. The maximum atomic E-state index is 12.8. The molecule has 0 N–H and O–H groups in total. The SMILES string of the molecule is O=S(=O)(Oc1cccc2c1Oc1c(n(-c3ccccc3)c3ccccc13)O2)C(F)(F)F. The molecule has 2 heterocycles. The third-order valence-corrected chi connectivity index (χ3v) is 5.60. The first-order chi connectivity index (χ1) is 14.8. The normalized spacial score (nSPS) is 13.1. The van der Waals surface area contributed by atoms with Crippen LogP contribution in [0.25, 0.3) is 16.6 Å². The monoisotopic (exact) mass is 447 g/mol. The highest BCUT2D eigenvalue weighted by atomic mass is 32.2. The van der Waals surface area contributed by atoms with E-state index in [2.05, 4.69) is 4.18 Å². The van der Waals surface area contributed by atoms with Gasteiger partial charge in [-0.2, -0.15) is 21.6 Å². The number of para-hydroxylation sites is 3. The second-order valence-electron chi connectivity index (χ2n) is 6.59. The molecular weight excluding hydrogens is 435 g/mol. The van der Waals surface area contributed by atoms with Gasteiger partial charge in [0.1, 0.15) is 0 Å². The molecule has 0 aliphatic carbocycles. The predicted molar refractivity (Wildman–Crippen MR) is 105 cm³/mol. The third-order valence-electron chi connectivity index (χ3n) is 4.64. The fourth-order valence-corrected chi connectivity index (χ4v) is 3.79. The van der Waals surface area contributed by atoms with Crippen molar-refractivity contribution in [2.75, 3.05) is 0 Å². The number of ether oxygens (including phenoxy) is 2. The number of benzene rings is 3. The molecule has 0 bridgehead atoms. The van der Waals surface area contributed by atoms with E-state index in [-0.39, 0.29) is 17.2 Å². The minimum absolute atomic E-state index is 0.0161. The van der Waals surface area contributed by atoms with E-state index >= 15 is 0 Å². The first kappa shape index (κ1) is 19.3. The van der Waals surface area contributed by atoms with Crippen molar-refractivity contribution in [3.05, 3.63) is 72.8 Å². The lowest BCUT2D eigenvalue weighted by Crippen LogP contribution is -2.28. The number of hydrogen-bond donors (Lipinski definition) is 0. The average Bonchev–Trinajstić information content (AvgIpc) is 3.05. The van der Waals surface area contributed by atoms with Gasteiger partial charge in [0.15, 0.2) is 17.2 Å². The second kappa shape index (κ2) is 6.67. The molecule has 10 heteroatoms. The number of hydrogen-bond acceptors (Lipinski definition) is 5. The van der Waals surface area contributed by atoms with E-state index < -0.39 is 21.4 Å². The summed E-state index contributed by atoms with van der Waals surface area (Å²) in [5, 5.41) is 0.625. The van der Waals surface area contributed by atoms with Crippen molar-refractivity contribution in [3.63, 3.8) is 0 Å². The number of fused-ring (bicyclic) bond motifs is 4. The number of rotatable bonds is 3. The second-order valence-corrected chi connectivity index (χ2v) is 8.13. The lowest BCUT2D eigenvalue weighted by Gasteiger charge is -2.22. The van der Waals surface area contributed by atoms with Crippen molar-refractivity contribution in [2.45, 2.75) is 5.51 Å². The van der Waals surface area contributed by atoms with Crippen LogP contribution in [0, 0.1) is 0 Å². The Hall–Kier alpha value is -3.66. The summed E-state index contributed by atoms with van der Waals surface area (Å²) in [5.41, 5.74) is -4.07. The first-order valence-electron chi connectivity index (χ1n) is 8.94. The van der Waals surface area contributed by atoms with Crippen LogP contribution in [0.15, 0.2) is 72.8 Å². The summed E-state index contributed by atoms with van der Waals surface area (Å²) in [6, 6.07) is 20.3.